The summed E-state index contributed by atoms with van der Waals surface area (Å²) in [4.78, 5) is 0. The molecule has 0 amide bonds. The van der Waals surface area contributed by atoms with Gasteiger partial charge >= 0.3 is 0 Å². The average Bonchev–Trinajstić information content (AvgIpc) is 3.56. The van der Waals surface area contributed by atoms with Gasteiger partial charge in [0.1, 0.15) is 0 Å². The van der Waals surface area contributed by atoms with Crippen molar-refractivity contribution in [1.29, 1.82) is 0 Å². The lowest BCUT2D eigenvalue weighted by atomic mass is 9.93. The third-order valence-electron chi connectivity index (χ3n) is 8.43. The molecule has 6 aromatic rings. The second-order valence-corrected chi connectivity index (χ2v) is 10.5. The molecule has 6 aromatic carbocycles. The summed E-state index contributed by atoms with van der Waals surface area (Å²) in [5, 5.41) is 0. The third-order valence-corrected chi connectivity index (χ3v) is 8.43. The van der Waals surface area contributed by atoms with Crippen molar-refractivity contribution < 1.29 is 0 Å². The summed E-state index contributed by atoms with van der Waals surface area (Å²) in [6, 6.07) is 49.2. The van der Waals surface area contributed by atoms with E-state index in [1.165, 1.54) is 77.9 Å². The molecule has 2 aliphatic rings. The Morgan fingerprint density at radius 3 is 1.05 bits per heavy atom. The Morgan fingerprint density at radius 1 is 0.263 bits per heavy atom. The zero-order chi connectivity index (χ0) is 25.1. The Bertz CT molecular complexity index is 1700. The first kappa shape index (κ1) is 21.4. The van der Waals surface area contributed by atoms with Crippen LogP contribution in [0.1, 0.15) is 22.3 Å². The number of rotatable bonds is 3. The Hall–Kier alpha value is -4.68. The summed E-state index contributed by atoms with van der Waals surface area (Å²) in [7, 11) is 0. The molecule has 0 nitrogen and oxygen atoms in total. The topological polar surface area (TPSA) is 0 Å². The van der Waals surface area contributed by atoms with Crippen LogP contribution in [0.5, 0.6) is 0 Å². The summed E-state index contributed by atoms with van der Waals surface area (Å²) in [5.41, 5.74) is 19.1. The smallest absolute Gasteiger partial charge is 0.000729 e. The van der Waals surface area contributed by atoms with Gasteiger partial charge in [0.2, 0.25) is 0 Å². The van der Waals surface area contributed by atoms with E-state index in [4.69, 9.17) is 0 Å². The fourth-order valence-electron chi connectivity index (χ4n) is 6.54. The van der Waals surface area contributed by atoms with Crippen molar-refractivity contribution in [1.82, 2.24) is 0 Å². The van der Waals surface area contributed by atoms with Gasteiger partial charge in [-0.2, -0.15) is 0 Å². The molecule has 0 bridgehead atoms. The van der Waals surface area contributed by atoms with Gasteiger partial charge in [-0.1, -0.05) is 133 Å². The van der Waals surface area contributed by atoms with Crippen molar-refractivity contribution in [3.8, 4) is 55.6 Å². The maximum atomic E-state index is 2.28. The van der Waals surface area contributed by atoms with Crippen molar-refractivity contribution >= 4 is 0 Å². The van der Waals surface area contributed by atoms with Crippen LogP contribution < -0.4 is 0 Å². The van der Waals surface area contributed by atoms with Gasteiger partial charge < -0.3 is 0 Å². The highest BCUT2D eigenvalue weighted by atomic mass is 14.3. The van der Waals surface area contributed by atoms with Gasteiger partial charge in [-0.05, 0) is 90.7 Å². The Balaban J connectivity index is 1.09. The number of benzene rings is 6. The molecule has 0 N–H and O–H groups in total. The zero-order valence-corrected chi connectivity index (χ0v) is 21.1. The molecule has 0 spiro atoms. The second kappa shape index (κ2) is 8.43. The summed E-state index contributed by atoms with van der Waals surface area (Å²) < 4.78 is 0. The molecule has 0 radical (unpaired) electrons. The van der Waals surface area contributed by atoms with E-state index in [0.29, 0.717) is 0 Å². The molecule has 0 saturated heterocycles. The Kier molecular flexibility index (Phi) is 4.75. The van der Waals surface area contributed by atoms with Crippen LogP contribution in [0.4, 0.5) is 0 Å². The Labute approximate surface area is 223 Å². The first-order valence-electron chi connectivity index (χ1n) is 13.4. The van der Waals surface area contributed by atoms with Gasteiger partial charge in [-0.3, -0.25) is 0 Å². The van der Waals surface area contributed by atoms with E-state index in [9.17, 15) is 0 Å². The van der Waals surface area contributed by atoms with Crippen LogP contribution >= 0.6 is 0 Å². The predicted octanol–water partition coefficient (Wildman–Crippen LogP) is 9.83. The zero-order valence-electron chi connectivity index (χ0n) is 21.1. The maximum absolute atomic E-state index is 2.28. The van der Waals surface area contributed by atoms with Crippen LogP contribution in [0.25, 0.3) is 55.6 Å². The van der Waals surface area contributed by atoms with E-state index in [1.54, 1.807) is 0 Å². The van der Waals surface area contributed by atoms with Gasteiger partial charge in [0.15, 0.2) is 0 Å². The minimum absolute atomic E-state index is 1.01. The first-order chi connectivity index (χ1) is 18.8. The van der Waals surface area contributed by atoms with E-state index in [2.05, 4.69) is 133 Å². The third kappa shape index (κ3) is 3.31. The molecule has 0 heterocycles. The molecule has 8 rings (SSSR count). The summed E-state index contributed by atoms with van der Waals surface area (Å²) in [6.45, 7) is 0. The lowest BCUT2D eigenvalue weighted by molar-refractivity contribution is 1.26. The van der Waals surface area contributed by atoms with Crippen LogP contribution in [0.3, 0.4) is 0 Å². The highest BCUT2D eigenvalue weighted by Crippen LogP contribution is 2.43. The molecular formula is C38H26. The van der Waals surface area contributed by atoms with Gasteiger partial charge in [0.25, 0.3) is 0 Å². The van der Waals surface area contributed by atoms with E-state index in [1.807, 2.05) is 0 Å². The van der Waals surface area contributed by atoms with E-state index < -0.39 is 0 Å². The second-order valence-electron chi connectivity index (χ2n) is 10.5. The quantitative estimate of drug-likeness (QED) is 0.235. The molecule has 0 heteroatoms. The molecule has 0 atom stereocenters. The van der Waals surface area contributed by atoms with Gasteiger partial charge in [0.05, 0.1) is 0 Å². The molecular weight excluding hydrogens is 456 g/mol. The lowest BCUT2D eigenvalue weighted by Gasteiger charge is -2.11. The van der Waals surface area contributed by atoms with Crippen molar-refractivity contribution in [3.63, 3.8) is 0 Å². The molecule has 0 saturated carbocycles. The molecule has 0 unspecified atom stereocenters. The fourth-order valence-corrected chi connectivity index (χ4v) is 6.54. The van der Waals surface area contributed by atoms with Gasteiger partial charge in [-0.15, -0.1) is 0 Å². The van der Waals surface area contributed by atoms with Crippen molar-refractivity contribution in [2.75, 3.05) is 0 Å². The van der Waals surface area contributed by atoms with Crippen LogP contribution in [0.2, 0.25) is 0 Å². The minimum Gasteiger partial charge on any atom is -0.0619 e. The van der Waals surface area contributed by atoms with Gasteiger partial charge in [-0.25, -0.2) is 0 Å². The van der Waals surface area contributed by atoms with Crippen molar-refractivity contribution in [3.05, 3.63) is 156 Å². The van der Waals surface area contributed by atoms with Crippen LogP contribution in [-0.2, 0) is 12.8 Å². The standard InChI is InChI=1S/C38H26/c1-3-9-33-29(7-1)23-37-31(11-5-13-35(33)37)27-19-15-25(16-20-27)26-17-21-28(22-18-26)32-12-6-14-36-34-10-4-2-8-30(34)24-38(32)36/h1-22H,23-24H2. The van der Waals surface area contributed by atoms with Crippen molar-refractivity contribution in [2.24, 2.45) is 0 Å². The lowest BCUT2D eigenvalue weighted by Crippen LogP contribution is -1.89. The number of fused-ring (bicyclic) bond motifs is 6. The normalized spacial score (nSPS) is 12.5. The van der Waals surface area contributed by atoms with Crippen LogP contribution in [0, 0.1) is 0 Å². The largest absolute Gasteiger partial charge is 0.0619 e. The van der Waals surface area contributed by atoms with Gasteiger partial charge in [0, 0.05) is 0 Å². The van der Waals surface area contributed by atoms with Crippen LogP contribution in [-0.4, -0.2) is 0 Å². The molecule has 0 fully saturated rings. The summed E-state index contributed by atoms with van der Waals surface area (Å²) in [6.07, 6.45) is 2.03. The highest BCUT2D eigenvalue weighted by molar-refractivity contribution is 5.87. The maximum Gasteiger partial charge on any atom is -0.000729 e. The van der Waals surface area contributed by atoms with E-state index in [0.717, 1.165) is 12.8 Å². The van der Waals surface area contributed by atoms with E-state index >= 15 is 0 Å². The molecule has 0 aliphatic heterocycles. The fraction of sp³-hybridized carbons (Fsp3) is 0.0526. The monoisotopic (exact) mass is 482 g/mol. The summed E-state index contributed by atoms with van der Waals surface area (Å²) >= 11 is 0. The summed E-state index contributed by atoms with van der Waals surface area (Å²) in [5.74, 6) is 0. The Morgan fingerprint density at radius 2 is 0.605 bits per heavy atom. The minimum atomic E-state index is 1.01. The highest BCUT2D eigenvalue weighted by Gasteiger charge is 2.22. The molecule has 0 aromatic heterocycles. The molecule has 178 valence electrons. The number of hydrogen-bond acceptors (Lipinski definition) is 0. The molecule has 2 aliphatic carbocycles. The van der Waals surface area contributed by atoms with E-state index in [-0.39, 0.29) is 0 Å². The SMILES string of the molecule is c1ccc2c(c1)Cc1c(-c3ccc(-c4ccc(-c5cccc6c5Cc5ccccc5-6)cc4)cc3)cccc1-2. The molecule has 38 heavy (non-hydrogen) atoms. The predicted molar refractivity (Wildman–Crippen MR) is 159 cm³/mol. The average molecular weight is 483 g/mol. The van der Waals surface area contributed by atoms with Crippen LogP contribution in [0.15, 0.2) is 133 Å². The first-order valence-corrected chi connectivity index (χ1v) is 13.4. The number of hydrogen-bond donors (Lipinski definition) is 0. The van der Waals surface area contributed by atoms with Crippen molar-refractivity contribution in [2.45, 2.75) is 12.8 Å².